The molecule has 2 aliphatic heterocycles. The number of cyclic esters (lactones) is 1. The molecule has 9 heteroatoms. The van der Waals surface area contributed by atoms with Gasteiger partial charge in [0.05, 0.1) is 50.9 Å². The Morgan fingerprint density at radius 1 is 1.28 bits per heavy atom. The summed E-state index contributed by atoms with van der Waals surface area (Å²) in [4.78, 5) is 31.3. The lowest BCUT2D eigenvalue weighted by Crippen LogP contribution is -2.46. The molecule has 3 heterocycles. The summed E-state index contributed by atoms with van der Waals surface area (Å²) in [6, 6.07) is 5.15. The van der Waals surface area contributed by atoms with Gasteiger partial charge in [0.1, 0.15) is 18.0 Å². The Labute approximate surface area is 234 Å². The fraction of sp³-hybridized carbons (Fsp3) is 0.633. The summed E-state index contributed by atoms with van der Waals surface area (Å²) < 4.78 is 13.1. The molecule has 0 saturated carbocycles. The van der Waals surface area contributed by atoms with Crippen LogP contribution in [0.15, 0.2) is 30.9 Å². The van der Waals surface area contributed by atoms with Crippen LogP contribution in [-0.4, -0.2) is 57.0 Å². The van der Waals surface area contributed by atoms with Crippen LogP contribution in [0.3, 0.4) is 0 Å². The molecule has 0 spiro atoms. The zero-order chi connectivity index (χ0) is 28.7. The molecule has 4 N–H and O–H groups in total. The van der Waals surface area contributed by atoms with Crippen LogP contribution in [0.25, 0.3) is 10.2 Å². The third kappa shape index (κ3) is 6.12. The lowest BCUT2D eigenvalue weighted by Gasteiger charge is -2.35. The quantitative estimate of drug-likeness (QED) is 0.286. The highest BCUT2D eigenvalue weighted by Gasteiger charge is 2.59. The van der Waals surface area contributed by atoms with E-state index in [9.17, 15) is 19.8 Å². The van der Waals surface area contributed by atoms with Gasteiger partial charge in [0.15, 0.2) is 0 Å². The van der Waals surface area contributed by atoms with Crippen LogP contribution in [0, 0.1) is 24.2 Å². The first-order chi connectivity index (χ1) is 18.3. The topological polar surface area (TPSA) is 135 Å². The number of ketones is 1. The highest BCUT2D eigenvalue weighted by molar-refractivity contribution is 7.18. The Morgan fingerprint density at radius 3 is 2.69 bits per heavy atom. The van der Waals surface area contributed by atoms with Crippen LogP contribution >= 0.6 is 11.3 Å². The fourth-order valence-electron chi connectivity index (χ4n) is 5.83. The lowest BCUT2D eigenvalue weighted by molar-refractivity contribution is -0.157. The van der Waals surface area contributed by atoms with Crippen molar-refractivity contribution in [3.05, 3.63) is 41.4 Å². The molecule has 1 aromatic heterocycles. The number of nitrogens with zero attached hydrogens (tertiary/aromatic N) is 1. The fourth-order valence-corrected chi connectivity index (χ4v) is 6.64. The number of benzene rings is 1. The third-order valence-corrected chi connectivity index (χ3v) is 9.63. The van der Waals surface area contributed by atoms with Gasteiger partial charge >= 0.3 is 5.97 Å². The molecule has 2 saturated heterocycles. The van der Waals surface area contributed by atoms with Crippen molar-refractivity contribution in [2.45, 2.75) is 103 Å². The van der Waals surface area contributed by atoms with Gasteiger partial charge in [-0.25, -0.2) is 4.98 Å². The molecule has 8 atom stereocenters. The SMILES string of the molecule is C=CCC1C(=O)C(C)(C)C(O)CC(=O)OC(C(N)c2ccc3sc(C)nc3c2)C2OC2(C)CCCC(C)C1O. The minimum atomic E-state index is -1.31. The molecule has 0 aliphatic carbocycles. The smallest absolute Gasteiger partial charge is 0.308 e. The van der Waals surface area contributed by atoms with E-state index in [1.54, 1.807) is 31.3 Å². The third-order valence-electron chi connectivity index (χ3n) is 8.68. The van der Waals surface area contributed by atoms with E-state index in [1.165, 1.54) is 0 Å². The predicted octanol–water partition coefficient (Wildman–Crippen LogP) is 4.39. The number of allylic oxidation sites excluding steroid dienone is 1. The van der Waals surface area contributed by atoms with Gasteiger partial charge in [-0.3, -0.25) is 9.59 Å². The van der Waals surface area contributed by atoms with Gasteiger partial charge in [-0.2, -0.15) is 0 Å². The van der Waals surface area contributed by atoms with E-state index in [4.69, 9.17) is 15.2 Å². The second kappa shape index (κ2) is 11.4. The number of Topliss-reactive ketones (excluding diaryl/α,β-unsaturated/α-hetero) is 1. The van der Waals surface area contributed by atoms with Crippen molar-refractivity contribution in [3.63, 3.8) is 0 Å². The number of nitrogens with two attached hydrogens (primary N) is 1. The van der Waals surface area contributed by atoms with E-state index >= 15 is 0 Å². The molecule has 2 aromatic rings. The highest BCUT2D eigenvalue weighted by atomic mass is 32.1. The van der Waals surface area contributed by atoms with Crippen LogP contribution in [0.5, 0.6) is 0 Å². The molecular weight excluding hydrogens is 516 g/mol. The minimum absolute atomic E-state index is 0.151. The van der Waals surface area contributed by atoms with Gasteiger partial charge in [0, 0.05) is 5.92 Å². The maximum absolute atomic E-state index is 13.6. The summed E-state index contributed by atoms with van der Waals surface area (Å²) in [5.41, 5.74) is 6.52. The van der Waals surface area contributed by atoms with Crippen molar-refractivity contribution in [3.8, 4) is 0 Å². The predicted molar refractivity (Wildman–Crippen MR) is 151 cm³/mol. The van der Waals surface area contributed by atoms with E-state index in [0.29, 0.717) is 12.8 Å². The summed E-state index contributed by atoms with van der Waals surface area (Å²) in [5, 5.41) is 23.2. The average molecular weight is 559 g/mol. The standard InChI is InChI=1S/C30H42N2O6S/c1-7-9-19-25(35)16(2)10-8-13-30(6)28(38-30)26(37-23(34)15-22(33)29(4,5)27(19)36)24(31)18-11-12-21-20(14-18)32-17(3)39-21/h7,11-12,14,16,19,22,24-26,28,33,35H,1,8-10,13,15,31H2,2-6H3. The number of thiazole rings is 1. The highest BCUT2D eigenvalue weighted by Crippen LogP contribution is 2.47. The second-order valence-corrected chi connectivity index (χ2v) is 13.3. The van der Waals surface area contributed by atoms with E-state index < -0.39 is 53.4 Å². The number of ether oxygens (including phenoxy) is 2. The van der Waals surface area contributed by atoms with E-state index in [2.05, 4.69) is 11.6 Å². The van der Waals surface area contributed by atoms with Crippen LogP contribution in [0.4, 0.5) is 0 Å². The number of carbonyl (C=O) groups excluding carboxylic acids is 2. The first kappa shape index (κ1) is 29.8. The molecule has 2 fully saturated rings. The van der Waals surface area contributed by atoms with Crippen LogP contribution in [-0.2, 0) is 19.1 Å². The number of aromatic nitrogens is 1. The zero-order valence-corrected chi connectivity index (χ0v) is 24.4. The van der Waals surface area contributed by atoms with E-state index in [0.717, 1.165) is 27.2 Å². The van der Waals surface area contributed by atoms with Crippen molar-refractivity contribution in [2.75, 3.05) is 0 Å². The number of esters is 1. The Hall–Kier alpha value is -2.17. The number of rotatable bonds is 4. The van der Waals surface area contributed by atoms with Crippen molar-refractivity contribution in [1.82, 2.24) is 4.98 Å². The summed E-state index contributed by atoms with van der Waals surface area (Å²) in [5.74, 6) is -1.83. The van der Waals surface area contributed by atoms with Gasteiger partial charge in [0.2, 0.25) is 0 Å². The van der Waals surface area contributed by atoms with Crippen molar-refractivity contribution in [1.29, 1.82) is 0 Å². The molecule has 2 aliphatic rings. The van der Waals surface area contributed by atoms with Gasteiger partial charge < -0.3 is 25.4 Å². The maximum atomic E-state index is 13.6. The molecule has 1 aromatic carbocycles. The molecule has 214 valence electrons. The monoisotopic (exact) mass is 558 g/mol. The van der Waals surface area contributed by atoms with Crippen molar-refractivity contribution < 1.29 is 29.3 Å². The molecular formula is C30H42N2O6S. The first-order valence-electron chi connectivity index (χ1n) is 13.8. The van der Waals surface area contributed by atoms with Crippen molar-refractivity contribution >= 4 is 33.3 Å². The van der Waals surface area contributed by atoms with Gasteiger partial charge in [-0.1, -0.05) is 39.3 Å². The van der Waals surface area contributed by atoms with Crippen LogP contribution in [0.2, 0.25) is 0 Å². The number of aryl methyl sites for hydroxylation is 1. The molecule has 8 nitrogen and oxygen atoms in total. The Bertz CT molecular complexity index is 1230. The summed E-state index contributed by atoms with van der Waals surface area (Å²) in [6.07, 6.45) is 0.234. The average Bonchev–Trinajstić information content (AvgIpc) is 3.39. The van der Waals surface area contributed by atoms with Gasteiger partial charge in [-0.05, 0) is 56.7 Å². The summed E-state index contributed by atoms with van der Waals surface area (Å²) >= 11 is 1.60. The molecule has 0 amide bonds. The number of aliphatic hydroxyl groups excluding tert-OH is 2. The number of epoxide rings is 1. The van der Waals surface area contributed by atoms with Crippen LogP contribution < -0.4 is 5.73 Å². The molecule has 0 radical (unpaired) electrons. The largest absolute Gasteiger partial charge is 0.457 e. The first-order valence-corrected chi connectivity index (χ1v) is 14.6. The number of hydrogen-bond donors (Lipinski definition) is 3. The zero-order valence-electron chi connectivity index (χ0n) is 23.6. The number of hydrogen-bond acceptors (Lipinski definition) is 9. The summed E-state index contributed by atoms with van der Waals surface area (Å²) in [6.45, 7) is 12.8. The number of carbonyl (C=O) groups is 2. The second-order valence-electron chi connectivity index (χ2n) is 12.1. The minimum Gasteiger partial charge on any atom is -0.457 e. The Kier molecular flexibility index (Phi) is 8.69. The maximum Gasteiger partial charge on any atom is 0.308 e. The number of fused-ring (bicyclic) bond motifs is 2. The van der Waals surface area contributed by atoms with Crippen molar-refractivity contribution in [2.24, 2.45) is 23.0 Å². The Morgan fingerprint density at radius 2 is 2.00 bits per heavy atom. The molecule has 4 rings (SSSR count). The van der Waals surface area contributed by atoms with E-state index in [-0.39, 0.29) is 24.5 Å². The molecule has 8 unspecified atom stereocenters. The van der Waals surface area contributed by atoms with Crippen LogP contribution in [0.1, 0.15) is 76.4 Å². The molecule has 39 heavy (non-hydrogen) atoms. The van der Waals surface area contributed by atoms with Gasteiger partial charge in [0.25, 0.3) is 0 Å². The summed E-state index contributed by atoms with van der Waals surface area (Å²) in [7, 11) is 0. The lowest BCUT2D eigenvalue weighted by atomic mass is 9.71. The van der Waals surface area contributed by atoms with E-state index in [1.807, 2.05) is 39.0 Å². The number of aliphatic hydroxyl groups is 2. The van der Waals surface area contributed by atoms with Gasteiger partial charge in [-0.15, -0.1) is 17.9 Å². The Balaban J connectivity index is 1.64. The normalized spacial score (nSPS) is 34.9. The molecule has 0 bridgehead atoms.